The molecule has 4 nitrogen and oxygen atoms in total. The molecule has 164 valence electrons. The van der Waals surface area contributed by atoms with Crippen LogP contribution in [0.25, 0.3) is 10.9 Å². The summed E-state index contributed by atoms with van der Waals surface area (Å²) in [5.74, 6) is 0.448. The lowest BCUT2D eigenvalue weighted by molar-refractivity contribution is 0.219. The lowest BCUT2D eigenvalue weighted by Gasteiger charge is -2.17. The largest absolute Gasteiger partial charge is 0.481 e. The van der Waals surface area contributed by atoms with Crippen LogP contribution in [-0.2, 0) is 13.1 Å². The molecule has 0 aliphatic carbocycles. The van der Waals surface area contributed by atoms with Crippen molar-refractivity contribution >= 4 is 22.5 Å². The molecule has 1 N–H and O–H groups in total. The van der Waals surface area contributed by atoms with Crippen LogP contribution >= 0.6 is 11.6 Å². The van der Waals surface area contributed by atoms with Gasteiger partial charge in [0, 0.05) is 34.3 Å². The van der Waals surface area contributed by atoms with E-state index >= 15 is 0 Å². The van der Waals surface area contributed by atoms with E-state index in [4.69, 9.17) is 16.3 Å². The summed E-state index contributed by atoms with van der Waals surface area (Å²) in [6, 6.07) is 16.6. The molecular weight excluding hydrogens is 427 g/mol. The van der Waals surface area contributed by atoms with Crippen molar-refractivity contribution < 1.29 is 14.2 Å². The molecule has 4 aromatic rings. The number of benzene rings is 2. The van der Waals surface area contributed by atoms with Crippen LogP contribution in [0.4, 0.5) is 4.39 Å². The number of halogens is 2. The lowest BCUT2D eigenvalue weighted by atomic mass is 9.97. The number of hydrogen-bond donors (Lipinski definition) is 1. The van der Waals surface area contributed by atoms with Gasteiger partial charge in [-0.1, -0.05) is 48.0 Å². The molecule has 0 aliphatic rings. The van der Waals surface area contributed by atoms with E-state index < -0.39 is 12.8 Å². The molecule has 6 heteroatoms. The molecule has 2 heterocycles. The Balaban J connectivity index is 1.77. The third-order valence-electron chi connectivity index (χ3n) is 5.63. The highest BCUT2D eigenvalue weighted by Crippen LogP contribution is 2.36. The van der Waals surface area contributed by atoms with Crippen LogP contribution in [0.15, 0.2) is 54.6 Å². The third-order valence-corrected chi connectivity index (χ3v) is 6.06. The van der Waals surface area contributed by atoms with Crippen LogP contribution in [0.5, 0.6) is 5.88 Å². The Bertz CT molecular complexity index is 1280. The minimum absolute atomic E-state index is 0.448. The van der Waals surface area contributed by atoms with Crippen LogP contribution in [0.3, 0.4) is 0 Å². The first-order valence-electron chi connectivity index (χ1n) is 10.3. The summed E-state index contributed by atoms with van der Waals surface area (Å²) in [4.78, 5) is 9.08. The Labute approximate surface area is 191 Å². The Morgan fingerprint density at radius 3 is 2.38 bits per heavy atom. The van der Waals surface area contributed by atoms with Crippen LogP contribution in [0.2, 0.25) is 5.02 Å². The zero-order valence-electron chi connectivity index (χ0n) is 18.2. The fourth-order valence-electron chi connectivity index (χ4n) is 3.87. The topological polar surface area (TPSA) is 55.2 Å². The van der Waals surface area contributed by atoms with E-state index in [-0.39, 0.29) is 0 Å². The second-order valence-corrected chi connectivity index (χ2v) is 8.22. The molecule has 1 unspecified atom stereocenters. The van der Waals surface area contributed by atoms with Crippen molar-refractivity contribution in [2.75, 3.05) is 7.11 Å². The maximum Gasteiger partial charge on any atom is 0.218 e. The maximum absolute atomic E-state index is 12.8. The van der Waals surface area contributed by atoms with Gasteiger partial charge in [0.2, 0.25) is 5.88 Å². The van der Waals surface area contributed by atoms with Gasteiger partial charge in [0.05, 0.1) is 17.6 Å². The van der Waals surface area contributed by atoms with E-state index in [1.165, 1.54) is 0 Å². The van der Waals surface area contributed by atoms with Gasteiger partial charge < -0.3 is 9.84 Å². The standard InChI is InChI=1S/C26H24ClFN2O2/c1-15-4-10-20(16(2)29-15)25(31)19-9-11-23-21(13-19)24(27)22(26(30-23)32-3)12-17-5-7-18(14-28)8-6-17/h4-11,13,25,31H,12,14H2,1-3H3. The number of aliphatic hydroxyl groups excluding tert-OH is 1. The third kappa shape index (κ3) is 4.31. The summed E-state index contributed by atoms with van der Waals surface area (Å²) in [5, 5.41) is 12.3. The molecule has 32 heavy (non-hydrogen) atoms. The first kappa shape index (κ1) is 22.2. The zero-order valence-corrected chi connectivity index (χ0v) is 18.9. The van der Waals surface area contributed by atoms with Crippen LogP contribution in [0.1, 0.15) is 45.3 Å². The summed E-state index contributed by atoms with van der Waals surface area (Å²) in [6.07, 6.45) is -0.340. The van der Waals surface area contributed by atoms with Gasteiger partial charge in [-0.25, -0.2) is 9.37 Å². The van der Waals surface area contributed by atoms with Crippen molar-refractivity contribution in [2.24, 2.45) is 0 Å². The second kappa shape index (κ2) is 9.23. The normalized spacial score (nSPS) is 12.2. The van der Waals surface area contributed by atoms with E-state index in [1.807, 2.05) is 56.3 Å². The molecule has 0 amide bonds. The average Bonchev–Trinajstić information content (AvgIpc) is 2.80. The first-order chi connectivity index (χ1) is 15.4. The van der Waals surface area contributed by atoms with Crippen molar-refractivity contribution in [3.63, 3.8) is 0 Å². The molecule has 0 aliphatic heterocycles. The molecule has 0 spiro atoms. The molecule has 0 radical (unpaired) electrons. The summed E-state index contributed by atoms with van der Waals surface area (Å²) in [5.41, 5.74) is 6.17. The van der Waals surface area contributed by atoms with Crippen molar-refractivity contribution in [1.29, 1.82) is 0 Å². The van der Waals surface area contributed by atoms with E-state index in [1.54, 1.807) is 19.2 Å². The number of alkyl halides is 1. The van der Waals surface area contributed by atoms with Gasteiger partial charge in [0.15, 0.2) is 0 Å². The van der Waals surface area contributed by atoms with Gasteiger partial charge in [-0.3, -0.25) is 4.98 Å². The lowest BCUT2D eigenvalue weighted by Crippen LogP contribution is -2.05. The number of aryl methyl sites for hydroxylation is 2. The van der Waals surface area contributed by atoms with Crippen LogP contribution in [0, 0.1) is 13.8 Å². The number of hydrogen-bond acceptors (Lipinski definition) is 4. The van der Waals surface area contributed by atoms with Gasteiger partial charge in [-0.2, -0.15) is 0 Å². The molecule has 0 saturated carbocycles. The summed E-state index contributed by atoms with van der Waals surface area (Å²) in [6.45, 7) is 3.31. The van der Waals surface area contributed by atoms with Crippen molar-refractivity contribution in [1.82, 2.24) is 9.97 Å². The number of fused-ring (bicyclic) bond motifs is 1. The van der Waals surface area contributed by atoms with Crippen LogP contribution in [-0.4, -0.2) is 22.2 Å². The number of ether oxygens (including phenoxy) is 1. The fourth-order valence-corrected chi connectivity index (χ4v) is 4.17. The van der Waals surface area contributed by atoms with E-state index in [0.29, 0.717) is 34.0 Å². The highest BCUT2D eigenvalue weighted by atomic mass is 35.5. The van der Waals surface area contributed by atoms with E-state index in [0.717, 1.165) is 33.5 Å². The molecular formula is C26H24ClFN2O2. The average molecular weight is 451 g/mol. The second-order valence-electron chi connectivity index (χ2n) is 7.85. The smallest absolute Gasteiger partial charge is 0.218 e. The highest BCUT2D eigenvalue weighted by Gasteiger charge is 2.19. The minimum Gasteiger partial charge on any atom is -0.481 e. The molecule has 2 aromatic carbocycles. The predicted molar refractivity (Wildman–Crippen MR) is 125 cm³/mol. The monoisotopic (exact) mass is 450 g/mol. The molecule has 0 fully saturated rings. The molecule has 2 aromatic heterocycles. The number of methoxy groups -OCH3 is 1. The molecule has 0 bridgehead atoms. The van der Waals surface area contributed by atoms with Crippen molar-refractivity contribution in [3.05, 3.63) is 98.8 Å². The number of pyridine rings is 2. The Kier molecular flexibility index (Phi) is 6.40. The maximum atomic E-state index is 12.8. The summed E-state index contributed by atoms with van der Waals surface area (Å²) >= 11 is 6.83. The van der Waals surface area contributed by atoms with Crippen molar-refractivity contribution in [2.45, 2.75) is 33.0 Å². The number of rotatable bonds is 6. The molecule has 1 atom stereocenters. The number of aliphatic hydroxyl groups is 1. The van der Waals surface area contributed by atoms with Gasteiger partial charge in [-0.15, -0.1) is 0 Å². The van der Waals surface area contributed by atoms with Crippen LogP contribution < -0.4 is 4.74 Å². The fraction of sp³-hybridized carbons (Fsp3) is 0.231. The number of nitrogens with zero attached hydrogens (tertiary/aromatic N) is 2. The van der Waals surface area contributed by atoms with Gasteiger partial charge in [0.25, 0.3) is 0 Å². The predicted octanol–water partition coefficient (Wildman–Crippen LogP) is 6.05. The molecule has 0 saturated heterocycles. The minimum atomic E-state index is -0.831. The summed E-state index contributed by atoms with van der Waals surface area (Å²) < 4.78 is 18.3. The van der Waals surface area contributed by atoms with Gasteiger partial charge >= 0.3 is 0 Å². The number of aromatic nitrogens is 2. The highest BCUT2D eigenvalue weighted by molar-refractivity contribution is 6.36. The quantitative estimate of drug-likeness (QED) is 0.388. The zero-order chi connectivity index (χ0) is 22.8. The SMILES string of the molecule is COc1nc2ccc(C(O)c3ccc(C)nc3C)cc2c(Cl)c1Cc1ccc(CF)cc1. The van der Waals surface area contributed by atoms with E-state index in [2.05, 4.69) is 9.97 Å². The Morgan fingerprint density at radius 2 is 1.72 bits per heavy atom. The Hall–Kier alpha value is -3.02. The molecule has 4 rings (SSSR count). The van der Waals surface area contributed by atoms with E-state index in [9.17, 15) is 9.50 Å². The van der Waals surface area contributed by atoms with Gasteiger partial charge in [-0.05, 0) is 48.7 Å². The van der Waals surface area contributed by atoms with Gasteiger partial charge in [0.1, 0.15) is 12.8 Å². The van der Waals surface area contributed by atoms with Crippen molar-refractivity contribution in [3.8, 4) is 5.88 Å². The summed E-state index contributed by atoms with van der Waals surface area (Å²) in [7, 11) is 1.56. The first-order valence-corrected chi connectivity index (χ1v) is 10.7. The Morgan fingerprint density at radius 1 is 1.00 bits per heavy atom.